The van der Waals surface area contributed by atoms with Gasteiger partial charge in [-0.2, -0.15) is 5.10 Å². The minimum atomic E-state index is 0.00714. The number of nitrogens with zero attached hydrogens (tertiary/aromatic N) is 2. The third-order valence-corrected chi connectivity index (χ3v) is 3.63. The van der Waals surface area contributed by atoms with E-state index in [1.807, 2.05) is 47.3 Å². The molecule has 3 heteroatoms. The first kappa shape index (κ1) is 12.8. The fraction of sp³-hybridized carbons (Fsp3) is 0.400. The molecular formula is C15H21N3. The van der Waals surface area contributed by atoms with Gasteiger partial charge in [0.2, 0.25) is 0 Å². The number of rotatable bonds is 4. The standard InChI is InChI=1S/C15H21N3/c1-11(2)12(3)15(16)14-9-10-17-18(14)13-7-5-4-6-8-13/h4-12,15H,16H2,1-3H3. The lowest BCUT2D eigenvalue weighted by atomic mass is 9.89. The number of hydrogen-bond donors (Lipinski definition) is 1. The monoisotopic (exact) mass is 243 g/mol. The second-order valence-corrected chi connectivity index (χ2v) is 5.13. The molecule has 0 radical (unpaired) electrons. The molecule has 2 unspecified atom stereocenters. The quantitative estimate of drug-likeness (QED) is 0.896. The number of nitrogens with two attached hydrogens (primary N) is 1. The molecule has 0 spiro atoms. The molecule has 1 heterocycles. The van der Waals surface area contributed by atoms with Gasteiger partial charge in [0.1, 0.15) is 0 Å². The van der Waals surface area contributed by atoms with E-state index >= 15 is 0 Å². The van der Waals surface area contributed by atoms with Crippen molar-refractivity contribution < 1.29 is 0 Å². The van der Waals surface area contributed by atoms with Crippen LogP contribution in [0, 0.1) is 11.8 Å². The fourth-order valence-electron chi connectivity index (χ4n) is 2.03. The molecule has 0 aliphatic rings. The molecule has 0 aliphatic heterocycles. The molecule has 0 bridgehead atoms. The molecule has 2 N–H and O–H groups in total. The van der Waals surface area contributed by atoms with Crippen LogP contribution < -0.4 is 5.73 Å². The van der Waals surface area contributed by atoms with Crippen LogP contribution in [-0.4, -0.2) is 9.78 Å². The molecule has 2 rings (SSSR count). The van der Waals surface area contributed by atoms with E-state index < -0.39 is 0 Å². The molecule has 0 fully saturated rings. The van der Waals surface area contributed by atoms with Crippen molar-refractivity contribution in [2.45, 2.75) is 26.8 Å². The lowest BCUT2D eigenvalue weighted by molar-refractivity contribution is 0.343. The Kier molecular flexibility index (Phi) is 3.82. The summed E-state index contributed by atoms with van der Waals surface area (Å²) >= 11 is 0. The van der Waals surface area contributed by atoms with Crippen LogP contribution in [0.15, 0.2) is 42.6 Å². The Morgan fingerprint density at radius 3 is 2.33 bits per heavy atom. The molecule has 1 aromatic carbocycles. The summed E-state index contributed by atoms with van der Waals surface area (Å²) in [5, 5.41) is 4.39. The van der Waals surface area contributed by atoms with Gasteiger partial charge < -0.3 is 5.73 Å². The molecule has 18 heavy (non-hydrogen) atoms. The van der Waals surface area contributed by atoms with E-state index in [1.54, 1.807) is 0 Å². The summed E-state index contributed by atoms with van der Waals surface area (Å²) < 4.78 is 1.93. The molecule has 0 saturated carbocycles. The highest BCUT2D eigenvalue weighted by molar-refractivity contribution is 5.33. The molecule has 0 saturated heterocycles. The molecule has 96 valence electrons. The average Bonchev–Trinajstić information content (AvgIpc) is 2.87. The van der Waals surface area contributed by atoms with Gasteiger partial charge in [0.15, 0.2) is 0 Å². The maximum absolute atomic E-state index is 6.36. The number of para-hydroxylation sites is 1. The van der Waals surface area contributed by atoms with Gasteiger partial charge in [-0.3, -0.25) is 0 Å². The Balaban J connectivity index is 2.34. The van der Waals surface area contributed by atoms with Crippen molar-refractivity contribution >= 4 is 0 Å². The third kappa shape index (κ3) is 2.46. The van der Waals surface area contributed by atoms with E-state index in [4.69, 9.17) is 5.73 Å². The Hall–Kier alpha value is -1.61. The third-order valence-electron chi connectivity index (χ3n) is 3.63. The zero-order valence-corrected chi connectivity index (χ0v) is 11.2. The Morgan fingerprint density at radius 1 is 1.06 bits per heavy atom. The maximum atomic E-state index is 6.36. The van der Waals surface area contributed by atoms with Crippen LogP contribution in [0.25, 0.3) is 5.69 Å². The van der Waals surface area contributed by atoms with Crippen LogP contribution in [0.5, 0.6) is 0 Å². The van der Waals surface area contributed by atoms with E-state index in [-0.39, 0.29) is 6.04 Å². The highest BCUT2D eigenvalue weighted by Gasteiger charge is 2.21. The van der Waals surface area contributed by atoms with Crippen molar-refractivity contribution in [2.24, 2.45) is 17.6 Å². The summed E-state index contributed by atoms with van der Waals surface area (Å²) in [5.74, 6) is 0.975. The molecular weight excluding hydrogens is 222 g/mol. The van der Waals surface area contributed by atoms with Crippen LogP contribution in [0.4, 0.5) is 0 Å². The van der Waals surface area contributed by atoms with Crippen LogP contribution in [0.3, 0.4) is 0 Å². The molecule has 1 aromatic heterocycles. The largest absolute Gasteiger partial charge is 0.322 e. The van der Waals surface area contributed by atoms with Gasteiger partial charge in [0.25, 0.3) is 0 Å². The number of hydrogen-bond acceptors (Lipinski definition) is 2. The average molecular weight is 243 g/mol. The van der Waals surface area contributed by atoms with Crippen molar-refractivity contribution in [3.8, 4) is 5.69 Å². The van der Waals surface area contributed by atoms with Crippen molar-refractivity contribution in [3.05, 3.63) is 48.3 Å². The number of aromatic nitrogens is 2. The number of benzene rings is 1. The predicted octanol–water partition coefficient (Wildman–Crippen LogP) is 3.16. The Labute approximate surface area is 109 Å². The van der Waals surface area contributed by atoms with Gasteiger partial charge in [-0.25, -0.2) is 4.68 Å². The summed E-state index contributed by atoms with van der Waals surface area (Å²) in [5.41, 5.74) is 8.49. The van der Waals surface area contributed by atoms with Crippen LogP contribution in [-0.2, 0) is 0 Å². The normalized spacial score (nSPS) is 14.7. The molecule has 2 aromatic rings. The van der Waals surface area contributed by atoms with Crippen LogP contribution in [0.1, 0.15) is 32.5 Å². The summed E-state index contributed by atoms with van der Waals surface area (Å²) in [6.45, 7) is 6.60. The van der Waals surface area contributed by atoms with E-state index in [2.05, 4.69) is 25.9 Å². The van der Waals surface area contributed by atoms with E-state index in [9.17, 15) is 0 Å². The van der Waals surface area contributed by atoms with Crippen LogP contribution >= 0.6 is 0 Å². The van der Waals surface area contributed by atoms with Gasteiger partial charge in [-0.05, 0) is 30.0 Å². The second kappa shape index (κ2) is 5.36. The minimum absolute atomic E-state index is 0.00714. The van der Waals surface area contributed by atoms with Gasteiger partial charge >= 0.3 is 0 Å². The highest BCUT2D eigenvalue weighted by Crippen LogP contribution is 2.26. The van der Waals surface area contributed by atoms with Crippen molar-refractivity contribution in [1.82, 2.24) is 9.78 Å². The van der Waals surface area contributed by atoms with Gasteiger partial charge in [-0.1, -0.05) is 39.0 Å². The molecule has 0 amide bonds. The second-order valence-electron chi connectivity index (χ2n) is 5.13. The summed E-state index contributed by atoms with van der Waals surface area (Å²) in [4.78, 5) is 0. The zero-order valence-electron chi connectivity index (χ0n) is 11.2. The maximum Gasteiger partial charge on any atom is 0.0649 e. The molecule has 3 nitrogen and oxygen atoms in total. The zero-order chi connectivity index (χ0) is 13.1. The first-order valence-electron chi connectivity index (χ1n) is 6.46. The topological polar surface area (TPSA) is 43.8 Å². The lowest BCUT2D eigenvalue weighted by Gasteiger charge is -2.24. The highest BCUT2D eigenvalue weighted by atomic mass is 15.3. The van der Waals surface area contributed by atoms with E-state index in [1.165, 1.54) is 0 Å². The van der Waals surface area contributed by atoms with E-state index in [0.29, 0.717) is 11.8 Å². The summed E-state index contributed by atoms with van der Waals surface area (Å²) in [7, 11) is 0. The van der Waals surface area contributed by atoms with Gasteiger partial charge in [0, 0.05) is 12.2 Å². The first-order chi connectivity index (χ1) is 8.61. The Bertz CT molecular complexity index is 487. The minimum Gasteiger partial charge on any atom is -0.322 e. The van der Waals surface area contributed by atoms with Crippen LogP contribution in [0.2, 0.25) is 0 Å². The van der Waals surface area contributed by atoms with Crippen molar-refractivity contribution in [3.63, 3.8) is 0 Å². The first-order valence-corrected chi connectivity index (χ1v) is 6.46. The summed E-state index contributed by atoms with van der Waals surface area (Å²) in [6.07, 6.45) is 1.81. The smallest absolute Gasteiger partial charge is 0.0649 e. The van der Waals surface area contributed by atoms with Gasteiger partial charge in [-0.15, -0.1) is 0 Å². The molecule has 0 aliphatic carbocycles. The summed E-state index contributed by atoms with van der Waals surface area (Å²) in [6, 6.07) is 12.1. The van der Waals surface area contributed by atoms with Crippen molar-refractivity contribution in [1.29, 1.82) is 0 Å². The lowest BCUT2D eigenvalue weighted by Crippen LogP contribution is -2.25. The van der Waals surface area contributed by atoms with Crippen molar-refractivity contribution in [2.75, 3.05) is 0 Å². The van der Waals surface area contributed by atoms with Gasteiger partial charge in [0.05, 0.1) is 11.4 Å². The Morgan fingerprint density at radius 2 is 1.72 bits per heavy atom. The molecule has 2 atom stereocenters. The predicted molar refractivity (Wildman–Crippen MR) is 74.5 cm³/mol. The fourth-order valence-corrected chi connectivity index (χ4v) is 2.03. The SMILES string of the molecule is CC(C)C(C)C(N)c1ccnn1-c1ccccc1. The van der Waals surface area contributed by atoms with E-state index in [0.717, 1.165) is 11.4 Å².